The highest BCUT2D eigenvalue weighted by molar-refractivity contribution is 5.61. The molecule has 0 aliphatic heterocycles. The Morgan fingerprint density at radius 3 is 2.35 bits per heavy atom. The van der Waals surface area contributed by atoms with Crippen LogP contribution < -0.4 is 0 Å². The minimum atomic E-state index is 0.510. The van der Waals surface area contributed by atoms with Gasteiger partial charge in [-0.15, -0.1) is 0 Å². The predicted octanol–water partition coefficient (Wildman–Crippen LogP) is 4.32. The molecule has 0 amide bonds. The molecule has 0 aliphatic carbocycles. The van der Waals surface area contributed by atoms with Crippen molar-refractivity contribution < 1.29 is 0 Å². The molecule has 0 atom stereocenters. The lowest BCUT2D eigenvalue weighted by Crippen LogP contribution is -1.91. The molecule has 0 fully saturated rings. The molecule has 0 saturated carbocycles. The summed E-state index contributed by atoms with van der Waals surface area (Å²) in [6.07, 6.45) is 1.84. The highest BCUT2D eigenvalue weighted by atomic mass is 14.8. The zero-order valence-electron chi connectivity index (χ0n) is 11.0. The molecule has 2 heteroatoms. The summed E-state index contributed by atoms with van der Waals surface area (Å²) in [7, 11) is 0. The van der Waals surface area contributed by atoms with Crippen LogP contribution in [0.25, 0.3) is 11.4 Å². The molecule has 1 N–H and O–H groups in total. The number of aromatic nitrogens is 2. The summed E-state index contributed by atoms with van der Waals surface area (Å²) < 4.78 is 0. The molecule has 2 aromatic heterocycles. The first-order valence-electron chi connectivity index (χ1n) is 6.23. The van der Waals surface area contributed by atoms with Gasteiger partial charge in [-0.05, 0) is 35.6 Å². The molecule has 0 spiro atoms. The molecule has 2 rings (SSSR count). The maximum atomic E-state index is 4.43. The van der Waals surface area contributed by atoms with Gasteiger partial charge in [-0.3, -0.25) is 4.98 Å². The van der Waals surface area contributed by atoms with Gasteiger partial charge >= 0.3 is 0 Å². The summed E-state index contributed by atoms with van der Waals surface area (Å²) in [4.78, 5) is 7.95. The average Bonchev–Trinajstić information content (AvgIpc) is 2.75. The largest absolute Gasteiger partial charge is 0.357 e. The lowest BCUT2D eigenvalue weighted by molar-refractivity contribution is 0.831. The first kappa shape index (κ1) is 11.9. The lowest BCUT2D eigenvalue weighted by Gasteiger charge is -2.05. The van der Waals surface area contributed by atoms with E-state index < -0.39 is 0 Å². The van der Waals surface area contributed by atoms with Crippen molar-refractivity contribution in [2.75, 3.05) is 0 Å². The molecule has 0 unspecified atom stereocenters. The molecule has 17 heavy (non-hydrogen) atoms. The van der Waals surface area contributed by atoms with Crippen molar-refractivity contribution in [2.24, 2.45) is 0 Å². The van der Waals surface area contributed by atoms with E-state index >= 15 is 0 Å². The van der Waals surface area contributed by atoms with Gasteiger partial charge < -0.3 is 4.98 Å². The van der Waals surface area contributed by atoms with E-state index in [9.17, 15) is 0 Å². The Hall–Kier alpha value is -1.57. The molecule has 0 bridgehead atoms. The summed E-state index contributed by atoms with van der Waals surface area (Å²) in [6.45, 7) is 8.86. The molecule has 0 saturated heterocycles. The second-order valence-corrected chi connectivity index (χ2v) is 5.08. The van der Waals surface area contributed by atoms with Crippen LogP contribution in [0.5, 0.6) is 0 Å². The van der Waals surface area contributed by atoms with Gasteiger partial charge in [0.2, 0.25) is 0 Å². The summed E-state index contributed by atoms with van der Waals surface area (Å²) >= 11 is 0. The van der Waals surface area contributed by atoms with Gasteiger partial charge in [-0.2, -0.15) is 0 Å². The minimum Gasteiger partial charge on any atom is -0.357 e. The SMILES string of the molecule is CC(C)c1cc(C(C)C)c(-c2ccccn2)[nH]1. The monoisotopic (exact) mass is 228 g/mol. The first-order valence-corrected chi connectivity index (χ1v) is 6.23. The Bertz CT molecular complexity index is 481. The zero-order chi connectivity index (χ0) is 12.4. The second-order valence-electron chi connectivity index (χ2n) is 5.08. The Morgan fingerprint density at radius 1 is 1.06 bits per heavy atom. The van der Waals surface area contributed by atoms with Crippen LogP contribution >= 0.6 is 0 Å². The van der Waals surface area contributed by atoms with Crippen molar-refractivity contribution in [3.8, 4) is 11.4 Å². The highest BCUT2D eigenvalue weighted by Crippen LogP contribution is 2.30. The molecule has 90 valence electrons. The number of pyridine rings is 1. The Morgan fingerprint density at radius 2 is 1.82 bits per heavy atom. The van der Waals surface area contributed by atoms with E-state index in [0.29, 0.717) is 11.8 Å². The van der Waals surface area contributed by atoms with Gasteiger partial charge in [-0.25, -0.2) is 0 Å². The van der Waals surface area contributed by atoms with Crippen LogP contribution in [0.2, 0.25) is 0 Å². The van der Waals surface area contributed by atoms with E-state index in [4.69, 9.17) is 0 Å². The normalized spacial score (nSPS) is 11.4. The fourth-order valence-electron chi connectivity index (χ4n) is 1.98. The topological polar surface area (TPSA) is 28.7 Å². The number of nitrogens with one attached hydrogen (secondary N) is 1. The molecule has 0 aliphatic rings. The van der Waals surface area contributed by atoms with E-state index in [2.05, 4.69) is 49.8 Å². The summed E-state index contributed by atoms with van der Waals surface area (Å²) in [6, 6.07) is 8.31. The Balaban J connectivity index is 2.52. The maximum absolute atomic E-state index is 4.43. The standard InChI is InChI=1S/C15H20N2/c1-10(2)12-9-14(11(3)4)17-15(12)13-7-5-6-8-16-13/h5-11,17H,1-4H3. The van der Waals surface area contributed by atoms with Crippen molar-refractivity contribution in [3.63, 3.8) is 0 Å². The zero-order valence-corrected chi connectivity index (χ0v) is 11.0. The van der Waals surface area contributed by atoms with Gasteiger partial charge in [0.1, 0.15) is 0 Å². The third kappa shape index (κ3) is 2.41. The summed E-state index contributed by atoms with van der Waals surface area (Å²) in [5, 5.41) is 0. The number of nitrogens with zero attached hydrogens (tertiary/aromatic N) is 1. The van der Waals surface area contributed by atoms with Crippen LogP contribution in [0.3, 0.4) is 0 Å². The van der Waals surface area contributed by atoms with Crippen LogP contribution in [0.1, 0.15) is 50.8 Å². The van der Waals surface area contributed by atoms with Gasteiger partial charge in [0.05, 0.1) is 11.4 Å². The fourth-order valence-corrected chi connectivity index (χ4v) is 1.98. The third-order valence-corrected chi connectivity index (χ3v) is 3.03. The van der Waals surface area contributed by atoms with Crippen LogP contribution in [0, 0.1) is 0 Å². The van der Waals surface area contributed by atoms with Gasteiger partial charge in [0.15, 0.2) is 0 Å². The van der Waals surface area contributed by atoms with E-state index in [1.54, 1.807) is 0 Å². The predicted molar refractivity (Wildman–Crippen MR) is 72.2 cm³/mol. The molecule has 2 nitrogen and oxygen atoms in total. The van der Waals surface area contributed by atoms with Crippen LogP contribution in [0.15, 0.2) is 30.5 Å². The number of H-pyrrole nitrogens is 1. The smallest absolute Gasteiger partial charge is 0.0867 e. The second kappa shape index (κ2) is 4.74. The Labute approximate surface area is 103 Å². The third-order valence-electron chi connectivity index (χ3n) is 3.03. The quantitative estimate of drug-likeness (QED) is 0.832. The first-order chi connectivity index (χ1) is 8.09. The van der Waals surface area contributed by atoms with Crippen molar-refractivity contribution in [2.45, 2.75) is 39.5 Å². The van der Waals surface area contributed by atoms with Crippen molar-refractivity contribution >= 4 is 0 Å². The molecule has 2 aromatic rings. The summed E-state index contributed by atoms with van der Waals surface area (Å²) in [5.41, 5.74) is 4.84. The fraction of sp³-hybridized carbons (Fsp3) is 0.400. The van der Waals surface area contributed by atoms with E-state index in [1.807, 2.05) is 18.3 Å². The molecule has 0 aromatic carbocycles. The van der Waals surface area contributed by atoms with Crippen LogP contribution in [-0.2, 0) is 0 Å². The van der Waals surface area contributed by atoms with Crippen LogP contribution in [0.4, 0.5) is 0 Å². The number of rotatable bonds is 3. The minimum absolute atomic E-state index is 0.510. The van der Waals surface area contributed by atoms with E-state index in [-0.39, 0.29) is 0 Å². The molecular formula is C15H20N2. The highest BCUT2D eigenvalue weighted by Gasteiger charge is 2.14. The van der Waals surface area contributed by atoms with E-state index in [0.717, 1.165) is 5.69 Å². The Kier molecular flexibility index (Phi) is 3.32. The molecule has 2 heterocycles. The molecular weight excluding hydrogens is 208 g/mol. The average molecular weight is 228 g/mol. The lowest BCUT2D eigenvalue weighted by atomic mass is 10.0. The van der Waals surface area contributed by atoms with Crippen LogP contribution in [-0.4, -0.2) is 9.97 Å². The molecule has 0 radical (unpaired) electrons. The van der Waals surface area contributed by atoms with Gasteiger partial charge in [0, 0.05) is 11.9 Å². The number of hydrogen-bond acceptors (Lipinski definition) is 1. The number of hydrogen-bond donors (Lipinski definition) is 1. The maximum Gasteiger partial charge on any atom is 0.0867 e. The van der Waals surface area contributed by atoms with Gasteiger partial charge in [-0.1, -0.05) is 33.8 Å². The van der Waals surface area contributed by atoms with Crippen molar-refractivity contribution in [3.05, 3.63) is 41.7 Å². The van der Waals surface area contributed by atoms with Crippen molar-refractivity contribution in [1.82, 2.24) is 9.97 Å². The number of aromatic amines is 1. The van der Waals surface area contributed by atoms with E-state index in [1.165, 1.54) is 17.0 Å². The van der Waals surface area contributed by atoms with Crippen molar-refractivity contribution in [1.29, 1.82) is 0 Å². The van der Waals surface area contributed by atoms with Gasteiger partial charge in [0.25, 0.3) is 0 Å². The summed E-state index contributed by atoms with van der Waals surface area (Å²) in [5.74, 6) is 1.03.